The van der Waals surface area contributed by atoms with Crippen molar-refractivity contribution in [2.45, 2.75) is 104 Å². The van der Waals surface area contributed by atoms with E-state index in [2.05, 4.69) is 19.1 Å². The lowest BCUT2D eigenvalue weighted by atomic mass is 10.1. The summed E-state index contributed by atoms with van der Waals surface area (Å²) in [4.78, 5) is 10.8. The number of hydrogen-bond acceptors (Lipinski definition) is 2. The molecule has 0 N–H and O–H groups in total. The molecule has 0 saturated carbocycles. The van der Waals surface area contributed by atoms with Crippen LogP contribution in [0.15, 0.2) is 12.2 Å². The van der Waals surface area contributed by atoms with Crippen LogP contribution >= 0.6 is 0 Å². The van der Waals surface area contributed by atoms with Gasteiger partial charge in [-0.25, -0.2) is 0 Å². The third kappa shape index (κ3) is 17.2. The number of carbonyl (C=O) groups excluding carboxylic acids is 1. The number of allylic oxidation sites excluding steroid dienone is 2. The van der Waals surface area contributed by atoms with E-state index in [4.69, 9.17) is 4.74 Å². The lowest BCUT2D eigenvalue weighted by Crippen LogP contribution is -2.11. The zero-order chi connectivity index (χ0) is 15.8. The van der Waals surface area contributed by atoms with Gasteiger partial charge in [-0.3, -0.25) is 4.79 Å². The maximum absolute atomic E-state index is 10.8. The third-order valence-electron chi connectivity index (χ3n) is 3.74. The standard InChI is InChI=1S/C19H36O2/c1-4-5-6-7-8-9-10-11-12-13-14-15-16-17-18(2)21-19(3)20/h7-8,18H,4-6,9-17H2,1-3H3/b8-7-/t18-/m1/s1. The maximum Gasteiger partial charge on any atom is 0.302 e. The number of unbranched alkanes of at least 4 members (excludes halogenated alkanes) is 9. The van der Waals surface area contributed by atoms with Gasteiger partial charge in [-0.1, -0.05) is 64.0 Å². The summed E-state index contributed by atoms with van der Waals surface area (Å²) in [5, 5.41) is 0. The molecule has 2 nitrogen and oxygen atoms in total. The van der Waals surface area contributed by atoms with Crippen molar-refractivity contribution in [3.05, 3.63) is 12.2 Å². The molecule has 0 heterocycles. The lowest BCUT2D eigenvalue weighted by Gasteiger charge is -2.11. The Labute approximate surface area is 132 Å². The molecular formula is C19H36O2. The van der Waals surface area contributed by atoms with Crippen molar-refractivity contribution in [2.24, 2.45) is 0 Å². The average Bonchev–Trinajstić information content (AvgIpc) is 2.43. The molecule has 0 amide bonds. The second-order valence-electron chi connectivity index (χ2n) is 6.09. The minimum atomic E-state index is -0.161. The fraction of sp³-hybridized carbons (Fsp3) is 0.842. The third-order valence-corrected chi connectivity index (χ3v) is 3.74. The molecule has 0 fully saturated rings. The molecule has 0 aromatic heterocycles. The Hall–Kier alpha value is -0.790. The minimum Gasteiger partial charge on any atom is -0.463 e. The Kier molecular flexibility index (Phi) is 15.0. The van der Waals surface area contributed by atoms with Crippen LogP contribution in [0.3, 0.4) is 0 Å². The monoisotopic (exact) mass is 296 g/mol. The van der Waals surface area contributed by atoms with Crippen LogP contribution in [0, 0.1) is 0 Å². The van der Waals surface area contributed by atoms with Gasteiger partial charge in [-0.15, -0.1) is 0 Å². The molecule has 0 aromatic rings. The van der Waals surface area contributed by atoms with Gasteiger partial charge in [0.2, 0.25) is 0 Å². The molecule has 0 aliphatic heterocycles. The van der Waals surface area contributed by atoms with Crippen LogP contribution in [0.25, 0.3) is 0 Å². The Bertz CT molecular complexity index is 258. The van der Waals surface area contributed by atoms with E-state index in [9.17, 15) is 4.79 Å². The highest BCUT2D eigenvalue weighted by molar-refractivity contribution is 5.66. The first-order valence-corrected chi connectivity index (χ1v) is 8.99. The van der Waals surface area contributed by atoms with Gasteiger partial charge >= 0.3 is 5.97 Å². The summed E-state index contributed by atoms with van der Waals surface area (Å²) in [6.07, 6.45) is 20.1. The summed E-state index contributed by atoms with van der Waals surface area (Å²) in [6.45, 7) is 5.70. The van der Waals surface area contributed by atoms with Gasteiger partial charge in [0.25, 0.3) is 0 Å². The summed E-state index contributed by atoms with van der Waals surface area (Å²) in [5.74, 6) is -0.161. The first kappa shape index (κ1) is 20.2. The molecule has 124 valence electrons. The van der Waals surface area contributed by atoms with Crippen LogP contribution in [0.4, 0.5) is 0 Å². The minimum absolute atomic E-state index is 0.0852. The fourth-order valence-corrected chi connectivity index (χ4v) is 2.48. The quantitative estimate of drug-likeness (QED) is 0.217. The van der Waals surface area contributed by atoms with Crippen LogP contribution in [-0.2, 0) is 9.53 Å². The zero-order valence-electron chi connectivity index (χ0n) is 14.5. The number of carbonyl (C=O) groups is 1. The molecule has 0 aliphatic carbocycles. The molecule has 0 saturated heterocycles. The number of ether oxygens (including phenoxy) is 1. The molecule has 0 unspecified atom stereocenters. The molecular weight excluding hydrogens is 260 g/mol. The van der Waals surface area contributed by atoms with E-state index < -0.39 is 0 Å². The van der Waals surface area contributed by atoms with Gasteiger partial charge in [-0.2, -0.15) is 0 Å². The topological polar surface area (TPSA) is 26.3 Å². The first-order valence-electron chi connectivity index (χ1n) is 8.99. The van der Waals surface area contributed by atoms with Crippen molar-refractivity contribution in [3.8, 4) is 0 Å². The normalized spacial score (nSPS) is 12.7. The van der Waals surface area contributed by atoms with E-state index in [0.717, 1.165) is 6.42 Å². The van der Waals surface area contributed by atoms with Gasteiger partial charge in [0.1, 0.15) is 0 Å². The van der Waals surface area contributed by atoms with Crippen LogP contribution in [0.2, 0.25) is 0 Å². The van der Waals surface area contributed by atoms with E-state index in [0.29, 0.717) is 0 Å². The van der Waals surface area contributed by atoms with E-state index in [1.807, 2.05) is 6.92 Å². The molecule has 0 spiro atoms. The van der Waals surface area contributed by atoms with Gasteiger partial charge in [-0.05, 0) is 39.0 Å². The van der Waals surface area contributed by atoms with Gasteiger partial charge < -0.3 is 4.74 Å². The molecule has 0 aromatic carbocycles. The number of rotatable bonds is 14. The van der Waals surface area contributed by atoms with Crippen LogP contribution in [0.1, 0.15) is 97.8 Å². The summed E-state index contributed by atoms with van der Waals surface area (Å²) in [6, 6.07) is 0. The van der Waals surface area contributed by atoms with Crippen molar-refractivity contribution in [1.29, 1.82) is 0 Å². The van der Waals surface area contributed by atoms with Crippen LogP contribution in [0.5, 0.6) is 0 Å². The lowest BCUT2D eigenvalue weighted by molar-refractivity contribution is -0.145. The fourth-order valence-electron chi connectivity index (χ4n) is 2.48. The molecule has 0 radical (unpaired) electrons. The molecule has 2 heteroatoms. The molecule has 21 heavy (non-hydrogen) atoms. The molecule has 0 aliphatic rings. The Balaban J connectivity index is 3.15. The average molecular weight is 296 g/mol. The Morgan fingerprint density at radius 3 is 2.00 bits per heavy atom. The predicted octanol–water partition coefficient (Wildman–Crippen LogP) is 6.20. The first-order chi connectivity index (χ1) is 10.2. The summed E-state index contributed by atoms with van der Waals surface area (Å²) >= 11 is 0. The number of hydrogen-bond donors (Lipinski definition) is 0. The van der Waals surface area contributed by atoms with Crippen molar-refractivity contribution in [2.75, 3.05) is 0 Å². The SMILES string of the molecule is CCCC/C=C\CCCCCCCCC[C@@H](C)OC(C)=O. The number of esters is 1. The van der Waals surface area contributed by atoms with E-state index in [-0.39, 0.29) is 12.1 Å². The molecule has 0 rings (SSSR count). The zero-order valence-corrected chi connectivity index (χ0v) is 14.5. The van der Waals surface area contributed by atoms with Crippen molar-refractivity contribution in [3.63, 3.8) is 0 Å². The Morgan fingerprint density at radius 1 is 0.905 bits per heavy atom. The maximum atomic E-state index is 10.8. The highest BCUT2D eigenvalue weighted by atomic mass is 16.5. The van der Waals surface area contributed by atoms with E-state index >= 15 is 0 Å². The summed E-state index contributed by atoms with van der Waals surface area (Å²) in [7, 11) is 0. The van der Waals surface area contributed by atoms with E-state index in [1.54, 1.807) is 0 Å². The van der Waals surface area contributed by atoms with Crippen molar-refractivity contribution >= 4 is 5.97 Å². The van der Waals surface area contributed by atoms with Crippen molar-refractivity contribution in [1.82, 2.24) is 0 Å². The van der Waals surface area contributed by atoms with Crippen LogP contribution < -0.4 is 0 Å². The van der Waals surface area contributed by atoms with E-state index in [1.165, 1.54) is 77.6 Å². The highest BCUT2D eigenvalue weighted by Crippen LogP contribution is 2.12. The summed E-state index contributed by atoms with van der Waals surface area (Å²) in [5.41, 5.74) is 0. The van der Waals surface area contributed by atoms with Gasteiger partial charge in [0.05, 0.1) is 6.10 Å². The van der Waals surface area contributed by atoms with Crippen molar-refractivity contribution < 1.29 is 9.53 Å². The second-order valence-corrected chi connectivity index (χ2v) is 6.09. The Morgan fingerprint density at radius 2 is 1.43 bits per heavy atom. The second kappa shape index (κ2) is 15.6. The van der Waals surface area contributed by atoms with Gasteiger partial charge in [0.15, 0.2) is 0 Å². The molecule has 1 atom stereocenters. The smallest absolute Gasteiger partial charge is 0.302 e. The van der Waals surface area contributed by atoms with Crippen LogP contribution in [-0.4, -0.2) is 12.1 Å². The predicted molar refractivity (Wildman–Crippen MR) is 91.4 cm³/mol. The summed E-state index contributed by atoms with van der Waals surface area (Å²) < 4.78 is 5.11. The highest BCUT2D eigenvalue weighted by Gasteiger charge is 2.04. The largest absolute Gasteiger partial charge is 0.463 e. The molecule has 0 bridgehead atoms. The van der Waals surface area contributed by atoms with Gasteiger partial charge in [0, 0.05) is 6.92 Å².